The van der Waals surface area contributed by atoms with E-state index in [9.17, 15) is 4.79 Å². The molecule has 0 unspecified atom stereocenters. The summed E-state index contributed by atoms with van der Waals surface area (Å²) in [6, 6.07) is 3.67. The zero-order valence-corrected chi connectivity index (χ0v) is 28.3. The summed E-state index contributed by atoms with van der Waals surface area (Å²) in [4.78, 5) is 13.1. The largest absolute Gasteiger partial charge is 0.493 e. The van der Waals surface area contributed by atoms with Crippen LogP contribution in [-0.2, 0) is 16.0 Å². The van der Waals surface area contributed by atoms with E-state index in [4.69, 9.17) is 18.9 Å². The minimum absolute atomic E-state index is 0.0400. The van der Waals surface area contributed by atoms with Crippen LogP contribution in [-0.4, -0.2) is 33.4 Å². The van der Waals surface area contributed by atoms with Crippen molar-refractivity contribution in [2.45, 2.75) is 118 Å². The van der Waals surface area contributed by atoms with Crippen molar-refractivity contribution in [3.63, 3.8) is 0 Å². The summed E-state index contributed by atoms with van der Waals surface area (Å²) in [5.74, 6) is 6.47. The van der Waals surface area contributed by atoms with Crippen molar-refractivity contribution >= 4 is 5.97 Å². The van der Waals surface area contributed by atoms with Gasteiger partial charge in [-0.1, -0.05) is 65.5 Å². The molecule has 5 heteroatoms. The van der Waals surface area contributed by atoms with E-state index in [2.05, 4.69) is 40.7 Å². The number of carbonyl (C=O) groups excluding carboxylic acids is 1. The normalized spacial score (nSPS) is 34.0. The third-order valence-electron chi connectivity index (χ3n) is 12.6. The van der Waals surface area contributed by atoms with Gasteiger partial charge in [-0.2, -0.15) is 0 Å². The lowest BCUT2D eigenvalue weighted by molar-refractivity contribution is -0.150. The number of hydrogen-bond donors (Lipinski definition) is 0. The van der Waals surface area contributed by atoms with Crippen molar-refractivity contribution in [1.82, 2.24) is 0 Å². The number of methoxy groups -OCH3 is 3. The quantitative estimate of drug-likeness (QED) is 0.189. The van der Waals surface area contributed by atoms with Crippen LogP contribution in [0.3, 0.4) is 0 Å². The summed E-state index contributed by atoms with van der Waals surface area (Å²) in [7, 11) is 4.77. The van der Waals surface area contributed by atoms with Gasteiger partial charge in [0, 0.05) is 6.42 Å². The predicted molar refractivity (Wildman–Crippen MR) is 173 cm³/mol. The molecule has 0 heterocycles. The molecular weight excluding hydrogens is 536 g/mol. The first-order valence-corrected chi connectivity index (χ1v) is 17.2. The monoisotopic (exact) mass is 594 g/mol. The molecule has 0 N–H and O–H groups in total. The Bertz CT molecular complexity index is 1150. The molecule has 3 fully saturated rings. The van der Waals surface area contributed by atoms with Crippen LogP contribution in [0.2, 0.25) is 0 Å². The molecule has 1 aromatic carbocycles. The molecule has 5 nitrogen and oxygen atoms in total. The van der Waals surface area contributed by atoms with Crippen LogP contribution in [0.5, 0.6) is 17.2 Å². The van der Waals surface area contributed by atoms with Crippen molar-refractivity contribution in [1.29, 1.82) is 0 Å². The number of rotatable bonds is 11. The summed E-state index contributed by atoms with van der Waals surface area (Å²) >= 11 is 0. The Morgan fingerprint density at radius 3 is 2.28 bits per heavy atom. The van der Waals surface area contributed by atoms with Crippen molar-refractivity contribution < 1.29 is 23.7 Å². The maximum absolute atomic E-state index is 13.1. The number of carbonyl (C=O) groups is 1. The number of hydrogen-bond acceptors (Lipinski definition) is 5. The molecule has 43 heavy (non-hydrogen) atoms. The van der Waals surface area contributed by atoms with Gasteiger partial charge in [-0.3, -0.25) is 4.79 Å². The van der Waals surface area contributed by atoms with E-state index in [1.54, 1.807) is 26.9 Å². The van der Waals surface area contributed by atoms with E-state index in [1.165, 1.54) is 51.4 Å². The smallest absolute Gasteiger partial charge is 0.310 e. The molecule has 0 aromatic heterocycles. The highest BCUT2D eigenvalue weighted by atomic mass is 16.5. The Hall–Kier alpha value is -2.17. The van der Waals surface area contributed by atoms with E-state index in [0.29, 0.717) is 22.7 Å². The molecule has 3 saturated carbocycles. The van der Waals surface area contributed by atoms with Gasteiger partial charge in [-0.15, -0.1) is 0 Å². The van der Waals surface area contributed by atoms with E-state index in [0.717, 1.165) is 60.3 Å². The number of ether oxygens (including phenoxy) is 4. The summed E-state index contributed by atoms with van der Waals surface area (Å²) in [6.45, 7) is 12.5. The molecular formula is C38H58O5. The molecule has 4 aliphatic rings. The molecule has 1 aromatic rings. The minimum Gasteiger partial charge on any atom is -0.493 e. The van der Waals surface area contributed by atoms with Crippen molar-refractivity contribution in [2.24, 2.45) is 46.3 Å². The first-order valence-electron chi connectivity index (χ1n) is 17.2. The highest BCUT2D eigenvalue weighted by Crippen LogP contribution is 2.67. The van der Waals surface area contributed by atoms with E-state index in [1.807, 2.05) is 12.1 Å². The molecule has 0 radical (unpaired) electrons. The Morgan fingerprint density at radius 1 is 0.907 bits per heavy atom. The van der Waals surface area contributed by atoms with Gasteiger partial charge < -0.3 is 18.9 Å². The standard InChI is InChI=1S/C38H58O5/c1-24(2)10-9-11-25(3)30-14-15-31-29-13-12-27-23-28(16-18-37(27,4)32(29)17-19-38(30,31)5)43-35(39)22-26-20-33(40-6)36(42-8)34(21-26)41-7/h12,20-21,24-25,28-32H,9-11,13-19,22-23H2,1-8H3/t25-,28+,29+,30-,31+,32-,37+,38-/m1/s1. The molecule has 0 saturated heterocycles. The van der Waals surface area contributed by atoms with Crippen LogP contribution in [0, 0.1) is 46.3 Å². The van der Waals surface area contributed by atoms with Crippen molar-refractivity contribution in [3.05, 3.63) is 29.3 Å². The fourth-order valence-corrected chi connectivity index (χ4v) is 10.4. The fraction of sp³-hybridized carbons (Fsp3) is 0.763. The van der Waals surface area contributed by atoms with Gasteiger partial charge in [0.05, 0.1) is 27.8 Å². The van der Waals surface area contributed by atoms with Crippen LogP contribution < -0.4 is 14.2 Å². The highest BCUT2D eigenvalue weighted by Gasteiger charge is 2.59. The van der Waals surface area contributed by atoms with Crippen LogP contribution in [0.15, 0.2) is 23.8 Å². The molecule has 0 bridgehead atoms. The average molecular weight is 595 g/mol. The topological polar surface area (TPSA) is 54.0 Å². The van der Waals surface area contributed by atoms with Crippen molar-refractivity contribution in [3.8, 4) is 17.2 Å². The van der Waals surface area contributed by atoms with E-state index >= 15 is 0 Å². The van der Waals surface area contributed by atoms with E-state index < -0.39 is 0 Å². The molecule has 240 valence electrons. The molecule has 0 amide bonds. The molecule has 0 spiro atoms. The van der Waals surface area contributed by atoms with Gasteiger partial charge in [-0.05, 0) is 109 Å². The average Bonchev–Trinajstić information content (AvgIpc) is 3.33. The van der Waals surface area contributed by atoms with Crippen LogP contribution in [0.4, 0.5) is 0 Å². The van der Waals surface area contributed by atoms with Crippen LogP contribution in [0.1, 0.15) is 111 Å². The summed E-state index contributed by atoms with van der Waals surface area (Å²) in [6.07, 6.45) is 16.7. The summed E-state index contributed by atoms with van der Waals surface area (Å²) < 4.78 is 22.5. The number of fused-ring (bicyclic) bond motifs is 5. The number of benzene rings is 1. The lowest BCUT2D eigenvalue weighted by Crippen LogP contribution is -2.51. The first-order chi connectivity index (χ1) is 20.5. The molecule has 5 rings (SSSR count). The second-order valence-corrected chi connectivity index (χ2v) is 15.4. The van der Waals surface area contributed by atoms with Gasteiger partial charge in [0.1, 0.15) is 6.10 Å². The third-order valence-corrected chi connectivity index (χ3v) is 12.6. The minimum atomic E-state index is -0.190. The molecule has 4 aliphatic carbocycles. The second kappa shape index (κ2) is 13.1. The maximum atomic E-state index is 13.1. The highest BCUT2D eigenvalue weighted by molar-refractivity contribution is 5.74. The third kappa shape index (κ3) is 6.21. The fourth-order valence-electron chi connectivity index (χ4n) is 10.4. The zero-order valence-electron chi connectivity index (χ0n) is 28.3. The molecule has 0 aliphatic heterocycles. The van der Waals surface area contributed by atoms with Gasteiger partial charge in [0.2, 0.25) is 5.75 Å². The number of esters is 1. The van der Waals surface area contributed by atoms with Crippen LogP contribution in [0.25, 0.3) is 0 Å². The lowest BCUT2D eigenvalue weighted by atomic mass is 9.47. The van der Waals surface area contributed by atoms with Gasteiger partial charge >= 0.3 is 5.97 Å². The first kappa shape index (κ1) is 32.2. The SMILES string of the molecule is COc1cc(CC(=O)O[C@H]2CC[C@@]3(C)C(=CC[C@@H]4[C@H]3CC[C@]3(C)[C@@H]([C@H](C)CCCC(C)C)CC[C@@H]43)C2)cc(OC)c1OC. The lowest BCUT2D eigenvalue weighted by Gasteiger charge is -2.58. The Balaban J connectivity index is 1.22. The maximum Gasteiger partial charge on any atom is 0.310 e. The number of allylic oxidation sites excluding steroid dienone is 1. The molecule has 8 atom stereocenters. The van der Waals surface area contributed by atoms with Gasteiger partial charge in [0.25, 0.3) is 0 Å². The summed E-state index contributed by atoms with van der Waals surface area (Å²) in [5, 5.41) is 0. The van der Waals surface area contributed by atoms with E-state index in [-0.39, 0.29) is 23.9 Å². The second-order valence-electron chi connectivity index (χ2n) is 15.4. The van der Waals surface area contributed by atoms with Gasteiger partial charge in [-0.25, -0.2) is 0 Å². The van der Waals surface area contributed by atoms with Gasteiger partial charge in [0.15, 0.2) is 11.5 Å². The Morgan fingerprint density at radius 2 is 1.63 bits per heavy atom. The zero-order chi connectivity index (χ0) is 30.9. The summed E-state index contributed by atoms with van der Waals surface area (Å²) in [5.41, 5.74) is 3.13. The predicted octanol–water partition coefficient (Wildman–Crippen LogP) is 9.21. The Labute approximate surface area is 261 Å². The Kier molecular flexibility index (Phi) is 9.78. The van der Waals surface area contributed by atoms with Crippen LogP contribution >= 0.6 is 0 Å². The van der Waals surface area contributed by atoms with Crippen molar-refractivity contribution in [2.75, 3.05) is 21.3 Å².